The molecule has 1 saturated heterocycles. The van der Waals surface area contributed by atoms with Gasteiger partial charge in [0.25, 0.3) is 5.91 Å². The summed E-state index contributed by atoms with van der Waals surface area (Å²) in [6.45, 7) is 5.43. The molecule has 9 heteroatoms. The number of ether oxygens (including phenoxy) is 1. The normalized spacial score (nSPS) is 20.0. The minimum Gasteiger partial charge on any atom is -0.478 e. The van der Waals surface area contributed by atoms with Crippen LogP contribution in [0.25, 0.3) is 0 Å². The van der Waals surface area contributed by atoms with E-state index in [1.54, 1.807) is 34.9 Å². The minimum atomic E-state index is -1.46. The molecule has 1 aromatic heterocycles. The van der Waals surface area contributed by atoms with Gasteiger partial charge in [0, 0.05) is 18.8 Å². The first-order valence-electron chi connectivity index (χ1n) is 11.2. The number of carboxylic acid groups (broad SMARTS) is 1. The Bertz CT molecular complexity index is 1080. The summed E-state index contributed by atoms with van der Waals surface area (Å²) in [5, 5.41) is 12.4. The predicted octanol–water partition coefficient (Wildman–Crippen LogP) is 2.08. The highest BCUT2D eigenvalue weighted by molar-refractivity contribution is 5.96. The van der Waals surface area contributed by atoms with Crippen LogP contribution in [0.1, 0.15) is 56.0 Å². The van der Waals surface area contributed by atoms with E-state index in [1.807, 2.05) is 20.8 Å². The molecule has 3 rings (SSSR count). The summed E-state index contributed by atoms with van der Waals surface area (Å²) in [5.41, 5.74) is 3.88. The van der Waals surface area contributed by atoms with Crippen LogP contribution in [-0.2, 0) is 24.7 Å². The Kier molecular flexibility index (Phi) is 7.26. The SMILES string of the molecule is CCC1OCC(=O)C1NC(=O)C(CC(C)(C)CC(N)=O)(c1ccccc1)n1ccc(C(=O)O)c1. The van der Waals surface area contributed by atoms with Crippen molar-refractivity contribution >= 4 is 23.6 Å². The molecular weight excluding hydrogens is 438 g/mol. The third-order valence-electron chi connectivity index (χ3n) is 6.24. The average Bonchev–Trinajstić information content (AvgIpc) is 3.39. The number of ketones is 1. The highest BCUT2D eigenvalue weighted by Gasteiger charge is 2.48. The van der Waals surface area contributed by atoms with Gasteiger partial charge in [-0.25, -0.2) is 4.79 Å². The molecule has 0 spiro atoms. The molecule has 2 amide bonds. The van der Waals surface area contributed by atoms with E-state index in [-0.39, 0.29) is 30.8 Å². The number of nitrogens with two attached hydrogens (primary N) is 1. The summed E-state index contributed by atoms with van der Waals surface area (Å²) >= 11 is 0. The van der Waals surface area contributed by atoms with Gasteiger partial charge in [0.1, 0.15) is 18.2 Å². The number of aromatic nitrogens is 1. The lowest BCUT2D eigenvalue weighted by atomic mass is 9.72. The Morgan fingerprint density at radius 3 is 2.44 bits per heavy atom. The average molecular weight is 470 g/mol. The van der Waals surface area contributed by atoms with Crippen molar-refractivity contribution in [3.63, 3.8) is 0 Å². The van der Waals surface area contributed by atoms with Gasteiger partial charge in [0.15, 0.2) is 5.78 Å². The Labute approximate surface area is 198 Å². The van der Waals surface area contributed by atoms with Gasteiger partial charge in [0.2, 0.25) is 5.91 Å². The number of amides is 2. The molecule has 4 N–H and O–H groups in total. The van der Waals surface area contributed by atoms with Crippen LogP contribution in [0.2, 0.25) is 0 Å². The number of carbonyl (C=O) groups is 4. The number of aromatic carboxylic acids is 1. The van der Waals surface area contributed by atoms with E-state index >= 15 is 0 Å². The van der Waals surface area contributed by atoms with Crippen molar-refractivity contribution in [1.82, 2.24) is 9.88 Å². The van der Waals surface area contributed by atoms with Crippen LogP contribution in [0, 0.1) is 5.41 Å². The maximum atomic E-state index is 14.2. The Hall–Kier alpha value is -3.46. The first kappa shape index (κ1) is 25.2. The molecule has 3 atom stereocenters. The molecule has 182 valence electrons. The smallest absolute Gasteiger partial charge is 0.337 e. The Morgan fingerprint density at radius 2 is 1.88 bits per heavy atom. The quantitative estimate of drug-likeness (QED) is 0.487. The third-order valence-corrected chi connectivity index (χ3v) is 6.24. The number of nitrogens with zero attached hydrogens (tertiary/aromatic N) is 1. The van der Waals surface area contributed by atoms with E-state index in [1.165, 1.54) is 18.5 Å². The molecule has 2 heterocycles. The molecule has 1 aliphatic rings. The van der Waals surface area contributed by atoms with E-state index in [9.17, 15) is 24.3 Å². The highest BCUT2D eigenvalue weighted by atomic mass is 16.5. The molecule has 0 saturated carbocycles. The fourth-order valence-electron chi connectivity index (χ4n) is 4.74. The summed E-state index contributed by atoms with van der Waals surface area (Å²) in [5.74, 6) is -2.37. The number of carboxylic acids is 1. The Morgan fingerprint density at radius 1 is 1.21 bits per heavy atom. The number of Topliss-reactive ketones (excluding diaryl/α,β-unsaturated/α-hetero) is 1. The molecule has 3 unspecified atom stereocenters. The first-order valence-corrected chi connectivity index (χ1v) is 11.2. The van der Waals surface area contributed by atoms with E-state index in [0.717, 1.165) is 0 Å². The fraction of sp³-hybridized carbons (Fsp3) is 0.440. The molecule has 0 radical (unpaired) electrons. The van der Waals surface area contributed by atoms with Crippen LogP contribution in [0.4, 0.5) is 0 Å². The van der Waals surface area contributed by atoms with Crippen molar-refractivity contribution in [3.8, 4) is 0 Å². The lowest BCUT2D eigenvalue weighted by Gasteiger charge is -2.41. The van der Waals surface area contributed by atoms with Crippen LogP contribution in [0.5, 0.6) is 0 Å². The van der Waals surface area contributed by atoms with E-state index in [4.69, 9.17) is 10.5 Å². The van der Waals surface area contributed by atoms with Crippen molar-refractivity contribution in [2.75, 3.05) is 6.61 Å². The molecule has 34 heavy (non-hydrogen) atoms. The van der Waals surface area contributed by atoms with Crippen molar-refractivity contribution in [1.29, 1.82) is 0 Å². The zero-order valence-electron chi connectivity index (χ0n) is 19.6. The monoisotopic (exact) mass is 469 g/mol. The van der Waals surface area contributed by atoms with Gasteiger partial charge in [-0.1, -0.05) is 51.1 Å². The lowest BCUT2D eigenvalue weighted by molar-refractivity contribution is -0.133. The molecule has 1 aliphatic heterocycles. The summed E-state index contributed by atoms with van der Waals surface area (Å²) in [6, 6.07) is 9.48. The molecule has 1 aromatic carbocycles. The summed E-state index contributed by atoms with van der Waals surface area (Å²) in [6.07, 6.45) is 3.12. The van der Waals surface area contributed by atoms with Crippen molar-refractivity contribution in [3.05, 3.63) is 59.9 Å². The van der Waals surface area contributed by atoms with Gasteiger partial charge in [-0.2, -0.15) is 0 Å². The van der Waals surface area contributed by atoms with Gasteiger partial charge < -0.3 is 25.5 Å². The number of hydrogen-bond acceptors (Lipinski definition) is 5. The van der Waals surface area contributed by atoms with Gasteiger partial charge >= 0.3 is 5.97 Å². The number of benzene rings is 1. The maximum Gasteiger partial charge on any atom is 0.337 e. The minimum absolute atomic E-state index is 0.00494. The molecular formula is C25H31N3O6. The lowest BCUT2D eigenvalue weighted by Crippen LogP contribution is -2.56. The second-order valence-electron chi connectivity index (χ2n) is 9.50. The van der Waals surface area contributed by atoms with Crippen LogP contribution >= 0.6 is 0 Å². The van der Waals surface area contributed by atoms with E-state index < -0.39 is 40.9 Å². The number of carbonyl (C=O) groups excluding carboxylic acids is 3. The van der Waals surface area contributed by atoms with Crippen LogP contribution < -0.4 is 11.1 Å². The summed E-state index contributed by atoms with van der Waals surface area (Å²) < 4.78 is 7.08. The number of nitrogens with one attached hydrogen (secondary N) is 1. The first-order chi connectivity index (χ1) is 16.0. The Balaban J connectivity index is 2.19. The predicted molar refractivity (Wildman–Crippen MR) is 124 cm³/mol. The third kappa shape index (κ3) is 5.04. The van der Waals surface area contributed by atoms with Crippen molar-refractivity contribution < 1.29 is 29.0 Å². The van der Waals surface area contributed by atoms with Gasteiger partial charge in [0.05, 0.1) is 11.7 Å². The van der Waals surface area contributed by atoms with E-state index in [2.05, 4.69) is 5.32 Å². The van der Waals surface area contributed by atoms with Gasteiger partial charge in [-0.15, -0.1) is 0 Å². The summed E-state index contributed by atoms with van der Waals surface area (Å²) in [4.78, 5) is 50.1. The second-order valence-corrected chi connectivity index (χ2v) is 9.50. The highest BCUT2D eigenvalue weighted by Crippen LogP contribution is 2.41. The standard InChI is InChI=1S/C25H31N3O6/c1-4-19-21(18(29)14-34-19)27-23(33)25(17-8-6-5-7-9-17,15-24(2,3)12-20(26)30)28-11-10-16(13-28)22(31)32/h5-11,13,19,21H,4,12,14-15H2,1-3H3,(H2,26,30)(H,27,33)(H,31,32). The molecule has 9 nitrogen and oxygen atoms in total. The van der Waals surface area contributed by atoms with E-state index in [0.29, 0.717) is 12.0 Å². The van der Waals surface area contributed by atoms with Crippen LogP contribution in [0.3, 0.4) is 0 Å². The summed E-state index contributed by atoms with van der Waals surface area (Å²) in [7, 11) is 0. The number of hydrogen-bond donors (Lipinski definition) is 3. The number of rotatable bonds is 10. The maximum absolute atomic E-state index is 14.2. The topological polar surface area (TPSA) is 141 Å². The zero-order chi connectivity index (χ0) is 25.1. The molecule has 0 bridgehead atoms. The van der Waals surface area contributed by atoms with Crippen molar-refractivity contribution in [2.45, 2.75) is 57.7 Å². The second kappa shape index (κ2) is 9.80. The van der Waals surface area contributed by atoms with Crippen LogP contribution in [0.15, 0.2) is 48.8 Å². The zero-order valence-corrected chi connectivity index (χ0v) is 19.6. The molecule has 2 aromatic rings. The van der Waals surface area contributed by atoms with Crippen LogP contribution in [-0.4, -0.2) is 52.0 Å². The van der Waals surface area contributed by atoms with Crippen molar-refractivity contribution in [2.24, 2.45) is 11.1 Å². The van der Waals surface area contributed by atoms with Gasteiger partial charge in [-0.3, -0.25) is 14.4 Å². The number of primary amides is 1. The van der Waals surface area contributed by atoms with Gasteiger partial charge in [-0.05, 0) is 29.9 Å². The fourth-order valence-corrected chi connectivity index (χ4v) is 4.74. The largest absolute Gasteiger partial charge is 0.478 e. The molecule has 0 aliphatic carbocycles. The molecule has 1 fully saturated rings.